The summed E-state index contributed by atoms with van der Waals surface area (Å²) in [6.45, 7) is 11.9. The van der Waals surface area contributed by atoms with Gasteiger partial charge in [0.25, 0.3) is 0 Å². The molecule has 1 atom stereocenters. The third kappa shape index (κ3) is 2.58. The van der Waals surface area contributed by atoms with Gasteiger partial charge in [0.05, 0.1) is 0 Å². The third-order valence-corrected chi connectivity index (χ3v) is 4.58. The predicted molar refractivity (Wildman–Crippen MR) is 73.9 cm³/mol. The smallest absolute Gasteiger partial charge is 0.0235 e. The minimum absolute atomic E-state index is 0.281. The van der Waals surface area contributed by atoms with Gasteiger partial charge in [-0.15, -0.1) is 0 Å². The molecule has 2 N–H and O–H groups in total. The van der Waals surface area contributed by atoms with Crippen LogP contribution in [0.15, 0.2) is 12.2 Å². The first-order valence-electron chi connectivity index (χ1n) is 7.00. The Morgan fingerprint density at radius 1 is 1.12 bits per heavy atom. The number of nitrogens with two attached hydrogens (primary N) is 1. The number of nitrogens with zero attached hydrogens (tertiary/aromatic N) is 1. The number of hydrogen-bond donors (Lipinski definition) is 1. The fourth-order valence-corrected chi connectivity index (χ4v) is 4.02. The van der Waals surface area contributed by atoms with Crippen molar-refractivity contribution in [1.82, 2.24) is 4.90 Å². The maximum Gasteiger partial charge on any atom is 0.0235 e. The second kappa shape index (κ2) is 4.40. The zero-order chi connectivity index (χ0) is 12.7. The standard InChI is InChI=1S/C15H28N2/c1-14(2)8-5-9-15(3,4)13(14)17-10-6-12(16)7-11-17/h5,8,12-13H,6-7,9-11,16H2,1-4H3. The molecule has 0 bridgehead atoms. The first-order chi connectivity index (χ1) is 7.83. The van der Waals surface area contributed by atoms with E-state index in [1.807, 2.05) is 0 Å². The van der Waals surface area contributed by atoms with E-state index in [1.165, 1.54) is 19.5 Å². The summed E-state index contributed by atoms with van der Waals surface area (Å²) in [5.74, 6) is 0. The third-order valence-electron chi connectivity index (χ3n) is 4.58. The van der Waals surface area contributed by atoms with Crippen molar-refractivity contribution in [3.8, 4) is 0 Å². The second-order valence-corrected chi connectivity index (χ2v) is 7.19. The molecule has 2 heteroatoms. The number of rotatable bonds is 1. The van der Waals surface area contributed by atoms with Crippen LogP contribution >= 0.6 is 0 Å². The van der Waals surface area contributed by atoms with Gasteiger partial charge in [-0.05, 0) is 43.2 Å². The van der Waals surface area contributed by atoms with Crippen molar-refractivity contribution >= 4 is 0 Å². The Hall–Kier alpha value is -0.340. The van der Waals surface area contributed by atoms with Crippen molar-refractivity contribution in [2.45, 2.75) is 59.0 Å². The summed E-state index contributed by atoms with van der Waals surface area (Å²) in [5.41, 5.74) is 6.68. The van der Waals surface area contributed by atoms with Gasteiger partial charge in [-0.2, -0.15) is 0 Å². The quantitative estimate of drug-likeness (QED) is 0.709. The van der Waals surface area contributed by atoms with Crippen LogP contribution in [0.4, 0.5) is 0 Å². The fraction of sp³-hybridized carbons (Fsp3) is 0.867. The zero-order valence-corrected chi connectivity index (χ0v) is 11.9. The molecule has 0 spiro atoms. The maximum atomic E-state index is 6.02. The zero-order valence-electron chi connectivity index (χ0n) is 11.9. The van der Waals surface area contributed by atoms with E-state index in [-0.39, 0.29) is 5.41 Å². The molecule has 2 aliphatic rings. The summed E-state index contributed by atoms with van der Waals surface area (Å²) < 4.78 is 0. The molecule has 1 heterocycles. The summed E-state index contributed by atoms with van der Waals surface area (Å²) in [7, 11) is 0. The minimum Gasteiger partial charge on any atom is -0.328 e. The lowest BCUT2D eigenvalue weighted by Gasteiger charge is -2.53. The Balaban J connectivity index is 2.19. The van der Waals surface area contributed by atoms with Crippen LogP contribution in [0.5, 0.6) is 0 Å². The Kier molecular flexibility index (Phi) is 3.39. The largest absolute Gasteiger partial charge is 0.328 e. The first-order valence-corrected chi connectivity index (χ1v) is 7.00. The Labute approximate surface area is 106 Å². The van der Waals surface area contributed by atoms with Crippen molar-refractivity contribution in [3.63, 3.8) is 0 Å². The molecule has 1 saturated heterocycles. The van der Waals surface area contributed by atoms with E-state index in [2.05, 4.69) is 44.7 Å². The van der Waals surface area contributed by atoms with Crippen LogP contribution in [0.2, 0.25) is 0 Å². The van der Waals surface area contributed by atoms with E-state index in [1.54, 1.807) is 0 Å². The second-order valence-electron chi connectivity index (χ2n) is 7.19. The Morgan fingerprint density at radius 3 is 2.24 bits per heavy atom. The predicted octanol–water partition coefficient (Wildman–Crippen LogP) is 2.79. The van der Waals surface area contributed by atoms with Crippen LogP contribution in [0.25, 0.3) is 0 Å². The first kappa shape index (κ1) is 13.1. The summed E-state index contributed by atoms with van der Waals surface area (Å²) in [4.78, 5) is 2.69. The normalized spacial score (nSPS) is 33.8. The fourth-order valence-electron chi connectivity index (χ4n) is 4.02. The number of piperidine rings is 1. The molecule has 1 unspecified atom stereocenters. The number of allylic oxidation sites excluding steroid dienone is 1. The Bertz CT molecular complexity index is 296. The van der Waals surface area contributed by atoms with Gasteiger partial charge < -0.3 is 5.73 Å². The van der Waals surface area contributed by atoms with Crippen molar-refractivity contribution < 1.29 is 0 Å². The molecular weight excluding hydrogens is 208 g/mol. The van der Waals surface area contributed by atoms with Gasteiger partial charge >= 0.3 is 0 Å². The summed E-state index contributed by atoms with van der Waals surface area (Å²) in [6.07, 6.45) is 8.30. The molecule has 2 rings (SSSR count). The monoisotopic (exact) mass is 236 g/mol. The van der Waals surface area contributed by atoms with Gasteiger partial charge in [0.15, 0.2) is 0 Å². The highest BCUT2D eigenvalue weighted by Gasteiger charge is 2.45. The number of hydrogen-bond acceptors (Lipinski definition) is 2. The lowest BCUT2D eigenvalue weighted by Crippen LogP contribution is -2.57. The van der Waals surface area contributed by atoms with E-state index < -0.39 is 0 Å². The van der Waals surface area contributed by atoms with Crippen molar-refractivity contribution in [3.05, 3.63) is 12.2 Å². The van der Waals surface area contributed by atoms with Gasteiger partial charge in [-0.3, -0.25) is 4.90 Å². The molecule has 98 valence electrons. The summed E-state index contributed by atoms with van der Waals surface area (Å²) in [6, 6.07) is 1.07. The topological polar surface area (TPSA) is 29.3 Å². The molecule has 1 aliphatic heterocycles. The highest BCUT2D eigenvalue weighted by atomic mass is 15.2. The van der Waals surface area contributed by atoms with E-state index in [0.717, 1.165) is 12.8 Å². The summed E-state index contributed by atoms with van der Waals surface area (Å²) in [5, 5.41) is 0. The lowest BCUT2D eigenvalue weighted by atomic mass is 9.63. The molecule has 0 radical (unpaired) electrons. The average molecular weight is 236 g/mol. The van der Waals surface area contributed by atoms with E-state index in [4.69, 9.17) is 5.73 Å². The van der Waals surface area contributed by atoms with E-state index in [0.29, 0.717) is 17.5 Å². The van der Waals surface area contributed by atoms with Crippen LogP contribution in [-0.4, -0.2) is 30.1 Å². The lowest BCUT2D eigenvalue weighted by molar-refractivity contribution is 0.000349. The van der Waals surface area contributed by atoms with Crippen LogP contribution in [-0.2, 0) is 0 Å². The molecule has 0 aromatic heterocycles. The van der Waals surface area contributed by atoms with Crippen LogP contribution in [0.3, 0.4) is 0 Å². The Morgan fingerprint density at radius 2 is 1.71 bits per heavy atom. The molecule has 1 aliphatic carbocycles. The van der Waals surface area contributed by atoms with Crippen LogP contribution in [0.1, 0.15) is 47.0 Å². The molecule has 0 aromatic rings. The average Bonchev–Trinajstić information content (AvgIpc) is 2.18. The molecule has 1 fully saturated rings. The highest BCUT2D eigenvalue weighted by Crippen LogP contribution is 2.45. The van der Waals surface area contributed by atoms with Gasteiger partial charge in [0.2, 0.25) is 0 Å². The molecule has 0 saturated carbocycles. The van der Waals surface area contributed by atoms with Gasteiger partial charge in [0.1, 0.15) is 0 Å². The van der Waals surface area contributed by atoms with Crippen LogP contribution in [0, 0.1) is 10.8 Å². The van der Waals surface area contributed by atoms with Crippen molar-refractivity contribution in [2.24, 2.45) is 16.6 Å². The molecule has 0 aromatic carbocycles. The van der Waals surface area contributed by atoms with Crippen LogP contribution < -0.4 is 5.73 Å². The molecule has 17 heavy (non-hydrogen) atoms. The van der Waals surface area contributed by atoms with Crippen molar-refractivity contribution in [1.29, 1.82) is 0 Å². The molecule has 2 nitrogen and oxygen atoms in total. The SMILES string of the molecule is CC1(C)C=CCC(C)(C)C1N1CCC(N)CC1. The molecule has 0 amide bonds. The van der Waals surface area contributed by atoms with E-state index >= 15 is 0 Å². The maximum absolute atomic E-state index is 6.02. The molecular formula is C15H28N2. The van der Waals surface area contributed by atoms with Gasteiger partial charge in [-0.25, -0.2) is 0 Å². The van der Waals surface area contributed by atoms with E-state index in [9.17, 15) is 0 Å². The van der Waals surface area contributed by atoms with Gasteiger partial charge in [0, 0.05) is 12.1 Å². The number of likely N-dealkylation sites (tertiary alicyclic amines) is 1. The van der Waals surface area contributed by atoms with Gasteiger partial charge in [-0.1, -0.05) is 39.8 Å². The highest BCUT2D eigenvalue weighted by molar-refractivity contribution is 5.13. The minimum atomic E-state index is 0.281. The van der Waals surface area contributed by atoms with Crippen molar-refractivity contribution in [2.75, 3.05) is 13.1 Å². The summed E-state index contributed by atoms with van der Waals surface area (Å²) >= 11 is 0.